The first kappa shape index (κ1) is 23.1. The van der Waals surface area contributed by atoms with Gasteiger partial charge in [0.25, 0.3) is 0 Å². The van der Waals surface area contributed by atoms with Gasteiger partial charge in [-0.1, -0.05) is 31.9 Å². The molecule has 1 aromatic rings. The van der Waals surface area contributed by atoms with E-state index in [2.05, 4.69) is 19.2 Å². The molecule has 7 heteroatoms. The largest absolute Gasteiger partial charge is 0.493 e. The standard InChI is InChI=1S/C22H31ClN2O4/c1-16(2)15-29-22-18(23)13-17(14-19(22)28-3)8-9-20(26)24-10-12-25-11-6-4-5-7-21(25)27/h8-9,13-14,16H,4-7,10-12,15H2,1-3H3,(H,24,26)/b9-8+. The van der Waals surface area contributed by atoms with Gasteiger partial charge >= 0.3 is 0 Å². The molecule has 1 heterocycles. The number of hydrogen-bond donors (Lipinski definition) is 1. The minimum atomic E-state index is -0.220. The summed E-state index contributed by atoms with van der Waals surface area (Å²) >= 11 is 6.33. The summed E-state index contributed by atoms with van der Waals surface area (Å²) in [6.45, 7) is 6.39. The molecule has 1 aromatic carbocycles. The summed E-state index contributed by atoms with van der Waals surface area (Å²) in [5.74, 6) is 1.35. The fourth-order valence-corrected chi connectivity index (χ4v) is 3.32. The summed E-state index contributed by atoms with van der Waals surface area (Å²) in [5.41, 5.74) is 0.738. The van der Waals surface area contributed by atoms with Crippen LogP contribution in [-0.2, 0) is 9.59 Å². The van der Waals surface area contributed by atoms with Gasteiger partial charge in [-0.25, -0.2) is 0 Å². The molecule has 1 aliphatic rings. The Kier molecular flexibility index (Phi) is 9.32. The van der Waals surface area contributed by atoms with Crippen molar-refractivity contribution >= 4 is 29.5 Å². The summed E-state index contributed by atoms with van der Waals surface area (Å²) in [4.78, 5) is 25.9. The van der Waals surface area contributed by atoms with Crippen LogP contribution < -0.4 is 14.8 Å². The molecule has 2 rings (SSSR count). The quantitative estimate of drug-likeness (QED) is 0.612. The van der Waals surface area contributed by atoms with Gasteiger partial charge in [-0.05, 0) is 42.5 Å². The molecule has 2 amide bonds. The Hall–Kier alpha value is -2.21. The molecule has 0 atom stereocenters. The van der Waals surface area contributed by atoms with Gasteiger partial charge in [0, 0.05) is 32.1 Å². The molecule has 1 fully saturated rings. The van der Waals surface area contributed by atoms with Crippen LogP contribution in [0.3, 0.4) is 0 Å². The van der Waals surface area contributed by atoms with E-state index in [4.69, 9.17) is 21.1 Å². The number of carbonyl (C=O) groups is 2. The molecule has 0 aromatic heterocycles. The Morgan fingerprint density at radius 2 is 2.10 bits per heavy atom. The zero-order chi connectivity index (χ0) is 21.2. The number of ether oxygens (including phenoxy) is 2. The maximum absolute atomic E-state index is 12.1. The molecule has 0 unspecified atom stereocenters. The van der Waals surface area contributed by atoms with Gasteiger partial charge in [-0.3, -0.25) is 9.59 Å². The number of halogens is 1. The first-order valence-corrected chi connectivity index (χ1v) is 10.5. The van der Waals surface area contributed by atoms with Crippen molar-refractivity contribution in [2.24, 2.45) is 5.92 Å². The fourth-order valence-electron chi connectivity index (χ4n) is 3.05. The van der Waals surface area contributed by atoms with Crippen molar-refractivity contribution in [2.45, 2.75) is 39.5 Å². The van der Waals surface area contributed by atoms with E-state index < -0.39 is 0 Å². The van der Waals surface area contributed by atoms with Gasteiger partial charge in [0.2, 0.25) is 11.8 Å². The normalized spacial score (nSPS) is 14.9. The third-order valence-electron chi connectivity index (χ3n) is 4.59. The van der Waals surface area contributed by atoms with Crippen LogP contribution in [0, 0.1) is 5.92 Å². The third-order valence-corrected chi connectivity index (χ3v) is 4.87. The summed E-state index contributed by atoms with van der Waals surface area (Å²) in [7, 11) is 1.55. The zero-order valence-corrected chi connectivity index (χ0v) is 18.3. The number of nitrogens with zero attached hydrogens (tertiary/aromatic N) is 1. The highest BCUT2D eigenvalue weighted by Crippen LogP contribution is 2.37. The molecule has 1 saturated heterocycles. The van der Waals surface area contributed by atoms with E-state index >= 15 is 0 Å². The molecule has 0 bridgehead atoms. The van der Waals surface area contributed by atoms with Gasteiger partial charge in [-0.2, -0.15) is 0 Å². The Morgan fingerprint density at radius 3 is 2.83 bits per heavy atom. The van der Waals surface area contributed by atoms with Crippen molar-refractivity contribution in [2.75, 3.05) is 33.4 Å². The molecule has 6 nitrogen and oxygen atoms in total. The highest BCUT2D eigenvalue weighted by molar-refractivity contribution is 6.32. The predicted molar refractivity (Wildman–Crippen MR) is 115 cm³/mol. The minimum absolute atomic E-state index is 0.175. The highest BCUT2D eigenvalue weighted by Gasteiger charge is 2.16. The van der Waals surface area contributed by atoms with E-state index in [0.717, 1.165) is 31.4 Å². The van der Waals surface area contributed by atoms with E-state index in [1.165, 1.54) is 6.08 Å². The molecular formula is C22H31ClN2O4. The topological polar surface area (TPSA) is 67.9 Å². The van der Waals surface area contributed by atoms with E-state index in [-0.39, 0.29) is 11.8 Å². The summed E-state index contributed by atoms with van der Waals surface area (Å²) in [6.07, 6.45) is 6.80. The molecular weight excluding hydrogens is 392 g/mol. The molecule has 29 heavy (non-hydrogen) atoms. The molecule has 0 radical (unpaired) electrons. The highest BCUT2D eigenvalue weighted by atomic mass is 35.5. The van der Waals surface area contributed by atoms with Crippen LogP contribution in [-0.4, -0.2) is 50.1 Å². The SMILES string of the molecule is COc1cc(/C=C/C(=O)NCCN2CCCCCC2=O)cc(Cl)c1OCC(C)C. The second kappa shape index (κ2) is 11.7. The van der Waals surface area contributed by atoms with Crippen LogP contribution in [0.1, 0.15) is 45.1 Å². The maximum atomic E-state index is 12.1. The molecule has 0 aliphatic carbocycles. The summed E-state index contributed by atoms with van der Waals surface area (Å²) in [5, 5.41) is 3.25. The van der Waals surface area contributed by atoms with Crippen molar-refractivity contribution in [3.63, 3.8) is 0 Å². The molecule has 1 N–H and O–H groups in total. The average Bonchev–Trinajstić information content (AvgIpc) is 2.89. The van der Waals surface area contributed by atoms with Gasteiger partial charge in [0.15, 0.2) is 11.5 Å². The van der Waals surface area contributed by atoms with E-state index in [1.54, 1.807) is 25.3 Å². The van der Waals surface area contributed by atoms with Crippen molar-refractivity contribution in [1.29, 1.82) is 0 Å². The summed E-state index contributed by atoms with van der Waals surface area (Å²) < 4.78 is 11.1. The van der Waals surface area contributed by atoms with Crippen LogP contribution in [0.5, 0.6) is 11.5 Å². The van der Waals surface area contributed by atoms with E-state index in [0.29, 0.717) is 48.6 Å². The zero-order valence-electron chi connectivity index (χ0n) is 17.5. The van der Waals surface area contributed by atoms with Crippen LogP contribution in [0.15, 0.2) is 18.2 Å². The number of benzene rings is 1. The van der Waals surface area contributed by atoms with Gasteiger partial charge in [-0.15, -0.1) is 0 Å². The van der Waals surface area contributed by atoms with Crippen LogP contribution >= 0.6 is 11.6 Å². The molecule has 0 spiro atoms. The predicted octanol–water partition coefficient (Wildman–Crippen LogP) is 3.92. The second-order valence-corrected chi connectivity index (χ2v) is 7.96. The average molecular weight is 423 g/mol. The molecule has 160 valence electrons. The lowest BCUT2D eigenvalue weighted by Crippen LogP contribution is -2.37. The van der Waals surface area contributed by atoms with Gasteiger partial charge < -0.3 is 19.7 Å². The number of rotatable bonds is 9. The minimum Gasteiger partial charge on any atom is -0.493 e. The molecule has 0 saturated carbocycles. The first-order chi connectivity index (χ1) is 13.9. The number of methoxy groups -OCH3 is 1. The lowest BCUT2D eigenvalue weighted by molar-refractivity contribution is -0.131. The Morgan fingerprint density at radius 1 is 1.31 bits per heavy atom. The van der Waals surface area contributed by atoms with Gasteiger partial charge in [0.1, 0.15) is 0 Å². The van der Waals surface area contributed by atoms with E-state index in [1.807, 2.05) is 4.90 Å². The van der Waals surface area contributed by atoms with Crippen molar-refractivity contribution in [3.05, 3.63) is 28.8 Å². The Bertz CT molecular complexity index is 734. The second-order valence-electron chi connectivity index (χ2n) is 7.55. The lowest BCUT2D eigenvalue weighted by Gasteiger charge is -2.20. The van der Waals surface area contributed by atoms with Crippen LogP contribution in [0.25, 0.3) is 6.08 Å². The fraction of sp³-hybridized carbons (Fsp3) is 0.545. The van der Waals surface area contributed by atoms with Crippen molar-refractivity contribution < 1.29 is 19.1 Å². The maximum Gasteiger partial charge on any atom is 0.244 e. The van der Waals surface area contributed by atoms with Crippen LogP contribution in [0.2, 0.25) is 5.02 Å². The monoisotopic (exact) mass is 422 g/mol. The number of amides is 2. The summed E-state index contributed by atoms with van der Waals surface area (Å²) in [6, 6.07) is 3.51. The number of nitrogens with one attached hydrogen (secondary N) is 1. The van der Waals surface area contributed by atoms with Gasteiger partial charge in [0.05, 0.1) is 18.7 Å². The van der Waals surface area contributed by atoms with Crippen molar-refractivity contribution in [1.82, 2.24) is 10.2 Å². The number of carbonyl (C=O) groups excluding carboxylic acids is 2. The third kappa shape index (κ3) is 7.61. The Labute approximate surface area is 178 Å². The van der Waals surface area contributed by atoms with Crippen LogP contribution in [0.4, 0.5) is 0 Å². The lowest BCUT2D eigenvalue weighted by atomic mass is 10.1. The first-order valence-electron chi connectivity index (χ1n) is 10.1. The smallest absolute Gasteiger partial charge is 0.244 e. The number of hydrogen-bond acceptors (Lipinski definition) is 4. The van der Waals surface area contributed by atoms with E-state index in [9.17, 15) is 9.59 Å². The van der Waals surface area contributed by atoms with Crippen molar-refractivity contribution in [3.8, 4) is 11.5 Å². The number of likely N-dealkylation sites (tertiary alicyclic amines) is 1. The molecule has 1 aliphatic heterocycles. The Balaban J connectivity index is 1.90.